The van der Waals surface area contributed by atoms with Gasteiger partial charge in [-0.2, -0.15) is 0 Å². The molecule has 0 saturated carbocycles. The van der Waals surface area contributed by atoms with Gasteiger partial charge in [0.25, 0.3) is 0 Å². The molecular weight excluding hydrogens is 626 g/mol. The molecule has 1 aliphatic heterocycles. The Labute approximate surface area is 285 Å². The third-order valence-corrected chi connectivity index (χ3v) is 8.58. The maximum atomic E-state index is 12.6. The number of amides is 3. The van der Waals surface area contributed by atoms with Gasteiger partial charge in [-0.05, 0) is 38.2 Å². The van der Waals surface area contributed by atoms with E-state index in [9.17, 15) is 45.0 Å². The normalized spacial score (nSPS) is 22.8. The summed E-state index contributed by atoms with van der Waals surface area (Å²) in [6.45, 7) is 5.45. The number of ether oxygens (including phenoxy) is 2. The zero-order valence-corrected chi connectivity index (χ0v) is 28.8. The van der Waals surface area contributed by atoms with Gasteiger partial charge in [-0.25, -0.2) is 0 Å². The summed E-state index contributed by atoms with van der Waals surface area (Å²) in [5.74, 6) is -0.386. The van der Waals surface area contributed by atoms with Gasteiger partial charge >= 0.3 is 0 Å². The second-order valence-corrected chi connectivity index (χ2v) is 12.6. The van der Waals surface area contributed by atoms with E-state index in [4.69, 9.17) is 9.47 Å². The second-order valence-electron chi connectivity index (χ2n) is 12.6. The molecule has 14 heteroatoms. The van der Waals surface area contributed by atoms with Crippen molar-refractivity contribution in [3.63, 3.8) is 0 Å². The Hall–Kier alpha value is -2.17. The average molecular weight is 690 g/mol. The summed E-state index contributed by atoms with van der Waals surface area (Å²) in [4.78, 5) is 35.6. The molecule has 0 radical (unpaired) electrons. The Morgan fingerprint density at radius 2 is 1.29 bits per heavy atom. The van der Waals surface area contributed by atoms with Crippen LogP contribution in [0.25, 0.3) is 0 Å². The van der Waals surface area contributed by atoms with Crippen LogP contribution in [-0.4, -0.2) is 124 Å². The van der Waals surface area contributed by atoms with Crippen molar-refractivity contribution in [2.24, 2.45) is 0 Å². The van der Waals surface area contributed by atoms with Gasteiger partial charge in [-0.15, -0.1) is 0 Å². The molecule has 48 heavy (non-hydrogen) atoms. The van der Waals surface area contributed by atoms with Gasteiger partial charge in [0.1, 0.15) is 30.5 Å². The van der Waals surface area contributed by atoms with Crippen LogP contribution in [0.4, 0.5) is 0 Å². The largest absolute Gasteiger partial charge is 0.394 e. The van der Waals surface area contributed by atoms with E-state index in [1.165, 1.54) is 6.08 Å². The van der Waals surface area contributed by atoms with Crippen LogP contribution in [0, 0.1) is 0 Å². The van der Waals surface area contributed by atoms with Crippen LogP contribution in [0.1, 0.15) is 110 Å². The van der Waals surface area contributed by atoms with Crippen LogP contribution in [0.2, 0.25) is 0 Å². The molecule has 1 rings (SSSR count). The summed E-state index contributed by atoms with van der Waals surface area (Å²) in [5, 5.41) is 68.6. The van der Waals surface area contributed by atoms with Crippen molar-refractivity contribution < 1.29 is 54.5 Å². The van der Waals surface area contributed by atoms with Crippen molar-refractivity contribution in [3.8, 4) is 0 Å². The van der Waals surface area contributed by atoms with Crippen LogP contribution in [-0.2, 0) is 23.9 Å². The summed E-state index contributed by atoms with van der Waals surface area (Å²) in [6, 6.07) is -1.02. The highest BCUT2D eigenvalue weighted by atomic mass is 16.7. The van der Waals surface area contributed by atoms with E-state index < -0.39 is 55.6 Å². The van der Waals surface area contributed by atoms with Crippen molar-refractivity contribution in [3.05, 3.63) is 12.7 Å². The number of aliphatic hydroxyl groups is 6. The number of nitrogens with one attached hydrogen (secondary N) is 3. The maximum Gasteiger partial charge on any atom is 0.243 e. The Morgan fingerprint density at radius 3 is 1.83 bits per heavy atom. The lowest BCUT2D eigenvalue weighted by atomic mass is 9.99. The van der Waals surface area contributed by atoms with Crippen LogP contribution < -0.4 is 16.0 Å². The Morgan fingerprint density at radius 1 is 0.771 bits per heavy atom. The monoisotopic (exact) mass is 689 g/mol. The summed E-state index contributed by atoms with van der Waals surface area (Å²) in [7, 11) is 0. The molecule has 8 atom stereocenters. The standard InChI is InChI=1S/C34H63N3O11/c1-3-25(39)30(43)24(23-47-34-33(46)32(45)31(44)26(22-38)48-34)37-29(42)19-15-10-8-6-5-7-9-12-16-21-36-28(41)18-14-11-13-17-20-35-27(40)4-2/h4,24-26,30-34,38-39,43-46H,2-3,5-23H2,1H3,(H,35,40)(H,36,41)(H,37,42)/t24-,25+,26?,30-,31-,32-,33?,34-/m0/s1. The minimum Gasteiger partial charge on any atom is -0.394 e. The Kier molecular flexibility index (Phi) is 24.4. The quantitative estimate of drug-likeness (QED) is 0.0410. The molecular formula is C34H63N3O11. The fraction of sp³-hybridized carbons (Fsp3) is 0.853. The van der Waals surface area contributed by atoms with Crippen LogP contribution in [0.5, 0.6) is 0 Å². The lowest BCUT2D eigenvalue weighted by molar-refractivity contribution is -0.303. The van der Waals surface area contributed by atoms with Gasteiger partial charge in [0.15, 0.2) is 6.29 Å². The first-order chi connectivity index (χ1) is 23.0. The molecule has 1 aliphatic rings. The first-order valence-corrected chi connectivity index (χ1v) is 17.8. The molecule has 0 aliphatic carbocycles. The van der Waals surface area contributed by atoms with E-state index in [2.05, 4.69) is 22.5 Å². The highest BCUT2D eigenvalue weighted by Gasteiger charge is 2.44. The molecule has 3 amide bonds. The molecule has 0 aromatic carbocycles. The van der Waals surface area contributed by atoms with Gasteiger partial charge in [-0.1, -0.05) is 71.3 Å². The molecule has 0 bridgehead atoms. The van der Waals surface area contributed by atoms with Crippen molar-refractivity contribution in [1.29, 1.82) is 0 Å². The van der Waals surface area contributed by atoms with E-state index in [1.807, 2.05) is 0 Å². The molecule has 9 N–H and O–H groups in total. The van der Waals surface area contributed by atoms with Crippen LogP contribution in [0.15, 0.2) is 12.7 Å². The third kappa shape index (κ3) is 18.6. The highest BCUT2D eigenvalue weighted by Crippen LogP contribution is 2.22. The molecule has 0 aromatic heterocycles. The smallest absolute Gasteiger partial charge is 0.243 e. The highest BCUT2D eigenvalue weighted by molar-refractivity contribution is 5.86. The van der Waals surface area contributed by atoms with Crippen molar-refractivity contribution in [1.82, 2.24) is 16.0 Å². The molecule has 2 unspecified atom stereocenters. The molecule has 280 valence electrons. The second kappa shape index (κ2) is 26.7. The minimum absolute atomic E-state index is 0.0929. The fourth-order valence-corrected chi connectivity index (χ4v) is 5.43. The molecule has 1 heterocycles. The summed E-state index contributed by atoms with van der Waals surface area (Å²) in [5.41, 5.74) is 0. The SMILES string of the molecule is C=CC(=O)NCCCCCCC(=O)NCCCCCCCCCCCC(=O)N[C@@H](CO[C@H]1OC(CO)[C@H](O)[C@H](O)C1O)[C@H](O)[C@H](O)CC. The minimum atomic E-state index is -1.62. The number of unbranched alkanes of at least 4 members (excludes halogenated alkanes) is 11. The predicted octanol–water partition coefficient (Wildman–Crippen LogP) is 0.689. The molecule has 0 aromatic rings. The van der Waals surface area contributed by atoms with Crippen molar-refractivity contribution >= 4 is 17.7 Å². The van der Waals surface area contributed by atoms with E-state index in [0.717, 1.165) is 77.0 Å². The lowest BCUT2D eigenvalue weighted by Gasteiger charge is -2.40. The number of carbonyl (C=O) groups excluding carboxylic acids is 3. The fourth-order valence-electron chi connectivity index (χ4n) is 5.43. The number of hydrogen-bond acceptors (Lipinski definition) is 11. The van der Waals surface area contributed by atoms with Crippen LogP contribution in [0.3, 0.4) is 0 Å². The number of aliphatic hydroxyl groups excluding tert-OH is 6. The van der Waals surface area contributed by atoms with Crippen LogP contribution >= 0.6 is 0 Å². The van der Waals surface area contributed by atoms with E-state index in [1.54, 1.807) is 6.92 Å². The van der Waals surface area contributed by atoms with Gasteiger partial charge in [0, 0.05) is 25.9 Å². The van der Waals surface area contributed by atoms with Gasteiger partial charge in [0.2, 0.25) is 17.7 Å². The predicted molar refractivity (Wildman–Crippen MR) is 179 cm³/mol. The first-order valence-electron chi connectivity index (χ1n) is 17.8. The van der Waals surface area contributed by atoms with Gasteiger partial charge in [0.05, 0.1) is 25.4 Å². The average Bonchev–Trinajstić information content (AvgIpc) is 3.08. The topological polar surface area (TPSA) is 227 Å². The maximum absolute atomic E-state index is 12.6. The Bertz CT molecular complexity index is 894. The zero-order chi connectivity index (χ0) is 35.7. The summed E-state index contributed by atoms with van der Waals surface area (Å²) < 4.78 is 10.8. The van der Waals surface area contributed by atoms with Crippen molar-refractivity contribution in [2.45, 2.75) is 159 Å². The third-order valence-electron chi connectivity index (χ3n) is 8.58. The number of hydrogen-bond donors (Lipinski definition) is 9. The van der Waals surface area contributed by atoms with Gasteiger partial charge in [-0.3, -0.25) is 14.4 Å². The number of rotatable bonds is 28. The molecule has 14 nitrogen and oxygen atoms in total. The zero-order valence-electron chi connectivity index (χ0n) is 28.8. The molecule has 1 saturated heterocycles. The lowest BCUT2D eigenvalue weighted by Crippen LogP contribution is -2.60. The first kappa shape index (κ1) is 43.9. The van der Waals surface area contributed by atoms with E-state index in [-0.39, 0.29) is 37.2 Å². The van der Waals surface area contributed by atoms with Gasteiger partial charge < -0.3 is 56.1 Å². The molecule has 1 fully saturated rings. The summed E-state index contributed by atoms with van der Waals surface area (Å²) in [6.07, 6.45) is 5.04. The van der Waals surface area contributed by atoms with Crippen molar-refractivity contribution in [2.75, 3.05) is 26.3 Å². The molecule has 0 spiro atoms. The Balaban J connectivity index is 2.13. The van der Waals surface area contributed by atoms with E-state index >= 15 is 0 Å². The van der Waals surface area contributed by atoms with E-state index in [0.29, 0.717) is 25.9 Å². The number of carbonyl (C=O) groups is 3. The summed E-state index contributed by atoms with van der Waals surface area (Å²) >= 11 is 0.